The molecule has 0 saturated carbocycles. The molecule has 5 heteroatoms. The van der Waals surface area contributed by atoms with Gasteiger partial charge >= 0.3 is 0 Å². The quantitative estimate of drug-likeness (QED) is 0.173. The summed E-state index contributed by atoms with van der Waals surface area (Å²) in [6.45, 7) is 0. The van der Waals surface area contributed by atoms with Gasteiger partial charge in [0.15, 0.2) is 17.5 Å². The van der Waals surface area contributed by atoms with Crippen molar-refractivity contribution in [2.75, 3.05) is 0 Å². The summed E-state index contributed by atoms with van der Waals surface area (Å²) >= 11 is 0. The molecule has 0 amide bonds. The summed E-state index contributed by atoms with van der Waals surface area (Å²) in [5.41, 5.74) is 9.74. The smallest absolute Gasteiger partial charge is 0.167 e. The van der Waals surface area contributed by atoms with Gasteiger partial charge in [-0.15, -0.1) is 0 Å². The van der Waals surface area contributed by atoms with Crippen LogP contribution in [0, 0.1) is 0 Å². The fourth-order valence-corrected chi connectivity index (χ4v) is 10.2. The van der Waals surface area contributed by atoms with Crippen LogP contribution in [0.15, 0.2) is 223 Å². The average molecular weight is 841 g/mol. The summed E-state index contributed by atoms with van der Waals surface area (Å²) in [6.07, 6.45) is 0. The van der Waals surface area contributed by atoms with E-state index in [1.807, 2.05) is 36.4 Å². The molecule has 5 nitrogen and oxygen atoms in total. The van der Waals surface area contributed by atoms with E-state index in [4.69, 9.17) is 19.4 Å². The van der Waals surface area contributed by atoms with Crippen molar-refractivity contribution in [1.29, 1.82) is 0 Å². The number of fused-ring (bicyclic) bond motifs is 10. The fourth-order valence-electron chi connectivity index (χ4n) is 10.2. The maximum atomic E-state index is 6.59. The molecule has 0 spiro atoms. The van der Waals surface area contributed by atoms with Crippen molar-refractivity contribution < 1.29 is 4.42 Å². The Morgan fingerprint density at radius 1 is 0.303 bits per heavy atom. The largest absolute Gasteiger partial charge is 0.455 e. The molecule has 306 valence electrons. The van der Waals surface area contributed by atoms with Crippen molar-refractivity contribution in [2.24, 2.45) is 0 Å². The van der Waals surface area contributed by atoms with Gasteiger partial charge < -0.3 is 8.98 Å². The second kappa shape index (κ2) is 14.3. The minimum absolute atomic E-state index is 0.546. The molecule has 14 aromatic rings. The van der Waals surface area contributed by atoms with E-state index in [-0.39, 0.29) is 0 Å². The number of furan rings is 1. The lowest BCUT2D eigenvalue weighted by Gasteiger charge is -2.20. The Balaban J connectivity index is 1.12. The number of hydrogen-bond acceptors (Lipinski definition) is 4. The standard InChI is InChI=1S/C61H36N4O/c1-2-16-38(17-3-1)59-62-60(49-27-14-26-48-46-24-12-13-28-56(46)66-58(48)49)64-61(63-59)53-36-50(44-30-29-37-15-4-5-18-39(37)31-44)57(47-25-11-10-23-45(47)53)65-54-34-42-21-8-6-19-40(42)32-51(54)52-33-41-20-7-9-22-43(41)35-55(52)65/h1-36H. The SMILES string of the molecule is c1ccc(-c2nc(-c3cc(-c4ccc5ccccc5c4)c(-n4c5cc6ccccc6cc5c5cc6ccccc6cc54)c4ccccc34)nc(-c3cccc4c3oc3ccccc34)n2)cc1. The van der Waals surface area contributed by atoms with Crippen LogP contribution in [-0.2, 0) is 0 Å². The average Bonchev–Trinajstić information content (AvgIpc) is 3.91. The molecule has 0 saturated heterocycles. The van der Waals surface area contributed by atoms with Crippen molar-refractivity contribution in [1.82, 2.24) is 19.5 Å². The van der Waals surface area contributed by atoms with Gasteiger partial charge in [0.1, 0.15) is 11.2 Å². The molecule has 0 aliphatic carbocycles. The molecular weight excluding hydrogens is 805 g/mol. The van der Waals surface area contributed by atoms with Gasteiger partial charge in [0.25, 0.3) is 0 Å². The Bertz CT molecular complexity index is 4200. The minimum atomic E-state index is 0.546. The molecule has 66 heavy (non-hydrogen) atoms. The summed E-state index contributed by atoms with van der Waals surface area (Å²) in [6, 6.07) is 77.8. The van der Waals surface area contributed by atoms with E-state index in [0.29, 0.717) is 17.5 Å². The molecule has 0 aliphatic heterocycles. The van der Waals surface area contributed by atoms with Gasteiger partial charge in [0.05, 0.1) is 22.3 Å². The van der Waals surface area contributed by atoms with Crippen molar-refractivity contribution in [3.05, 3.63) is 218 Å². The van der Waals surface area contributed by atoms with Gasteiger partial charge in [-0.2, -0.15) is 0 Å². The molecule has 0 unspecified atom stereocenters. The molecule has 3 aromatic heterocycles. The van der Waals surface area contributed by atoms with E-state index in [9.17, 15) is 0 Å². The van der Waals surface area contributed by atoms with Crippen LogP contribution in [-0.4, -0.2) is 19.5 Å². The molecule has 11 aromatic carbocycles. The number of nitrogens with zero attached hydrogens (tertiary/aromatic N) is 4. The molecule has 0 fully saturated rings. The van der Waals surface area contributed by atoms with Gasteiger partial charge in [0.2, 0.25) is 0 Å². The Morgan fingerprint density at radius 3 is 1.53 bits per heavy atom. The van der Waals surface area contributed by atoms with E-state index in [1.54, 1.807) is 0 Å². The first kappa shape index (κ1) is 36.5. The predicted molar refractivity (Wildman–Crippen MR) is 273 cm³/mol. The highest BCUT2D eigenvalue weighted by Crippen LogP contribution is 2.46. The van der Waals surface area contributed by atoms with Gasteiger partial charge in [-0.05, 0) is 91.8 Å². The van der Waals surface area contributed by atoms with Crippen LogP contribution in [0.2, 0.25) is 0 Å². The first-order valence-corrected chi connectivity index (χ1v) is 22.3. The van der Waals surface area contributed by atoms with E-state index in [2.05, 4.69) is 187 Å². The van der Waals surface area contributed by atoms with Crippen molar-refractivity contribution in [2.45, 2.75) is 0 Å². The molecular formula is C61H36N4O. The summed E-state index contributed by atoms with van der Waals surface area (Å²) in [5.74, 6) is 1.71. The fraction of sp³-hybridized carbons (Fsp3) is 0. The predicted octanol–water partition coefficient (Wildman–Crippen LogP) is 16.1. The number of para-hydroxylation sites is 2. The monoisotopic (exact) mass is 840 g/mol. The highest BCUT2D eigenvalue weighted by molar-refractivity contribution is 6.19. The van der Waals surface area contributed by atoms with Crippen LogP contribution in [0.5, 0.6) is 0 Å². The first-order chi connectivity index (χ1) is 32.7. The van der Waals surface area contributed by atoms with Gasteiger partial charge in [-0.25, -0.2) is 15.0 Å². The third-order valence-electron chi connectivity index (χ3n) is 13.4. The lowest BCUT2D eigenvalue weighted by atomic mass is 9.92. The number of aromatic nitrogens is 4. The molecule has 0 N–H and O–H groups in total. The number of rotatable bonds is 5. The lowest BCUT2D eigenvalue weighted by molar-refractivity contribution is 0.669. The number of benzene rings is 11. The molecule has 3 heterocycles. The maximum Gasteiger partial charge on any atom is 0.167 e. The second-order valence-corrected chi connectivity index (χ2v) is 17.1. The van der Waals surface area contributed by atoms with E-state index >= 15 is 0 Å². The minimum Gasteiger partial charge on any atom is -0.455 e. The molecule has 0 aliphatic rings. The van der Waals surface area contributed by atoms with Gasteiger partial charge in [-0.1, -0.05) is 170 Å². The zero-order valence-electron chi connectivity index (χ0n) is 35.5. The third kappa shape index (κ3) is 5.63. The van der Waals surface area contributed by atoms with Crippen molar-refractivity contribution in [3.63, 3.8) is 0 Å². The highest BCUT2D eigenvalue weighted by atomic mass is 16.3. The molecule has 14 rings (SSSR count). The van der Waals surface area contributed by atoms with E-state index in [1.165, 1.54) is 43.1 Å². The van der Waals surface area contributed by atoms with Crippen molar-refractivity contribution >= 4 is 86.8 Å². The topological polar surface area (TPSA) is 56.7 Å². The van der Waals surface area contributed by atoms with E-state index in [0.717, 1.165) is 77.2 Å². The Morgan fingerprint density at radius 2 is 0.833 bits per heavy atom. The Labute approximate surface area is 378 Å². The summed E-state index contributed by atoms with van der Waals surface area (Å²) < 4.78 is 9.10. The highest BCUT2D eigenvalue weighted by Gasteiger charge is 2.24. The second-order valence-electron chi connectivity index (χ2n) is 17.1. The van der Waals surface area contributed by atoms with Crippen molar-refractivity contribution in [3.8, 4) is 51.0 Å². The maximum absolute atomic E-state index is 6.59. The van der Waals surface area contributed by atoms with Crippen LogP contribution >= 0.6 is 0 Å². The van der Waals surface area contributed by atoms with Gasteiger partial charge in [0, 0.05) is 43.6 Å². The normalized spacial score (nSPS) is 11.9. The Kier molecular flexibility index (Phi) is 7.91. The zero-order valence-corrected chi connectivity index (χ0v) is 35.5. The lowest BCUT2D eigenvalue weighted by Crippen LogP contribution is -2.03. The number of hydrogen-bond donors (Lipinski definition) is 0. The van der Waals surface area contributed by atoms with Crippen LogP contribution in [0.25, 0.3) is 138 Å². The van der Waals surface area contributed by atoms with Gasteiger partial charge in [-0.3, -0.25) is 0 Å². The molecule has 0 bridgehead atoms. The third-order valence-corrected chi connectivity index (χ3v) is 13.4. The van der Waals surface area contributed by atoms with E-state index < -0.39 is 0 Å². The summed E-state index contributed by atoms with van der Waals surface area (Å²) in [5, 5.41) is 13.8. The van der Waals surface area contributed by atoms with Crippen LogP contribution in [0.4, 0.5) is 0 Å². The van der Waals surface area contributed by atoms with Crippen LogP contribution in [0.1, 0.15) is 0 Å². The first-order valence-electron chi connectivity index (χ1n) is 22.3. The Hall–Kier alpha value is -8.93. The van der Waals surface area contributed by atoms with Crippen LogP contribution < -0.4 is 0 Å². The summed E-state index contributed by atoms with van der Waals surface area (Å²) in [4.78, 5) is 16.0. The van der Waals surface area contributed by atoms with Crippen LogP contribution in [0.3, 0.4) is 0 Å². The summed E-state index contributed by atoms with van der Waals surface area (Å²) in [7, 11) is 0. The zero-order chi connectivity index (χ0) is 43.3. The molecule has 0 radical (unpaired) electrons. The molecule has 0 atom stereocenters.